The van der Waals surface area contributed by atoms with Crippen LogP contribution in [0.15, 0.2) is 212 Å². The third kappa shape index (κ3) is 5.09. The number of fused-ring (bicyclic) bond motifs is 9. The van der Waals surface area contributed by atoms with Gasteiger partial charge in [-0.1, -0.05) is 141 Å². The fourth-order valence-electron chi connectivity index (χ4n) is 10.1. The standard InChI is InChI=1S/C57H41N3/c1-57(2)50-24-12-9-20-45(50)46-35-33-43(37-51(46)57)58(39-16-5-3-6-17-39)41-29-31-42(32-30-41)60-52-25-13-10-21-47(52)48-34-28-38(36-55(48)60)44-23-15-27-54-56(44)49-22-11-14-26-53(49)59(54)40-18-7-4-8-19-40/h3-37H,1-2H3. The van der Waals surface area contributed by atoms with Crippen molar-refractivity contribution >= 4 is 60.7 Å². The fraction of sp³-hybridized carbons (Fsp3) is 0.0526. The summed E-state index contributed by atoms with van der Waals surface area (Å²) in [6.45, 7) is 4.70. The van der Waals surface area contributed by atoms with Gasteiger partial charge >= 0.3 is 0 Å². The van der Waals surface area contributed by atoms with Crippen LogP contribution in [0.5, 0.6) is 0 Å². The van der Waals surface area contributed by atoms with E-state index in [-0.39, 0.29) is 5.41 Å². The van der Waals surface area contributed by atoms with E-state index in [0.29, 0.717) is 0 Å². The lowest BCUT2D eigenvalue weighted by molar-refractivity contribution is 0.660. The zero-order valence-corrected chi connectivity index (χ0v) is 33.5. The van der Waals surface area contributed by atoms with E-state index >= 15 is 0 Å². The van der Waals surface area contributed by atoms with E-state index in [0.717, 1.165) is 28.4 Å². The van der Waals surface area contributed by atoms with Crippen LogP contribution in [-0.4, -0.2) is 9.13 Å². The van der Waals surface area contributed by atoms with Gasteiger partial charge in [0.1, 0.15) is 0 Å². The van der Waals surface area contributed by atoms with Gasteiger partial charge in [0.25, 0.3) is 0 Å². The van der Waals surface area contributed by atoms with Crippen LogP contribution in [0.2, 0.25) is 0 Å². The van der Waals surface area contributed by atoms with E-state index in [9.17, 15) is 0 Å². The first-order valence-corrected chi connectivity index (χ1v) is 20.9. The van der Waals surface area contributed by atoms with Crippen LogP contribution in [0.1, 0.15) is 25.0 Å². The van der Waals surface area contributed by atoms with Crippen molar-refractivity contribution in [2.45, 2.75) is 19.3 Å². The number of anilines is 3. The van der Waals surface area contributed by atoms with Gasteiger partial charge in [-0.15, -0.1) is 0 Å². The minimum Gasteiger partial charge on any atom is -0.310 e. The van der Waals surface area contributed by atoms with E-state index in [1.54, 1.807) is 0 Å². The monoisotopic (exact) mass is 767 g/mol. The van der Waals surface area contributed by atoms with Crippen molar-refractivity contribution in [2.24, 2.45) is 0 Å². The molecule has 12 rings (SSSR count). The van der Waals surface area contributed by atoms with Gasteiger partial charge in [0.15, 0.2) is 0 Å². The molecular weight excluding hydrogens is 727 g/mol. The van der Waals surface area contributed by atoms with Crippen LogP contribution in [-0.2, 0) is 5.41 Å². The Morgan fingerprint density at radius 1 is 0.350 bits per heavy atom. The predicted octanol–water partition coefficient (Wildman–Crippen LogP) is 15.3. The van der Waals surface area contributed by atoms with Crippen molar-refractivity contribution < 1.29 is 0 Å². The largest absolute Gasteiger partial charge is 0.310 e. The Labute approximate surface area is 349 Å². The second-order valence-corrected chi connectivity index (χ2v) is 16.6. The number of nitrogens with zero attached hydrogens (tertiary/aromatic N) is 3. The van der Waals surface area contributed by atoms with Gasteiger partial charge in [-0.25, -0.2) is 0 Å². The van der Waals surface area contributed by atoms with Crippen LogP contribution in [0.25, 0.3) is 77.2 Å². The van der Waals surface area contributed by atoms with Gasteiger partial charge in [0.2, 0.25) is 0 Å². The highest BCUT2D eigenvalue weighted by Gasteiger charge is 2.35. The Balaban J connectivity index is 1.01. The Kier molecular flexibility index (Phi) is 7.58. The van der Waals surface area contributed by atoms with Crippen LogP contribution < -0.4 is 4.90 Å². The van der Waals surface area contributed by atoms with E-state index < -0.39 is 0 Å². The van der Waals surface area contributed by atoms with Crippen molar-refractivity contribution in [3.05, 3.63) is 223 Å². The van der Waals surface area contributed by atoms with Crippen LogP contribution in [0.4, 0.5) is 17.1 Å². The summed E-state index contributed by atoms with van der Waals surface area (Å²) in [7, 11) is 0. The lowest BCUT2D eigenvalue weighted by Crippen LogP contribution is -2.16. The SMILES string of the molecule is CC1(C)c2ccccc2-c2ccc(N(c3ccccc3)c3ccc(-n4c5ccccc5c5ccc(-c6cccc7c6c6ccccc6n7-c6ccccc6)cc54)cc3)cc21. The lowest BCUT2D eigenvalue weighted by Gasteiger charge is -2.28. The van der Waals surface area contributed by atoms with Gasteiger partial charge in [0.05, 0.1) is 22.1 Å². The summed E-state index contributed by atoms with van der Waals surface area (Å²) in [6.07, 6.45) is 0. The average Bonchev–Trinajstić information content (AvgIpc) is 3.90. The van der Waals surface area contributed by atoms with Crippen LogP contribution >= 0.6 is 0 Å². The zero-order valence-electron chi connectivity index (χ0n) is 33.5. The number of rotatable bonds is 6. The molecule has 3 heteroatoms. The molecule has 0 radical (unpaired) electrons. The molecule has 0 atom stereocenters. The van der Waals surface area contributed by atoms with Crippen molar-refractivity contribution in [1.29, 1.82) is 0 Å². The molecule has 1 aliphatic carbocycles. The topological polar surface area (TPSA) is 13.1 Å². The first kappa shape index (κ1) is 34.4. The molecule has 0 aliphatic heterocycles. The lowest BCUT2D eigenvalue weighted by atomic mass is 9.82. The second kappa shape index (κ2) is 13.2. The third-order valence-electron chi connectivity index (χ3n) is 12.9. The summed E-state index contributed by atoms with van der Waals surface area (Å²) in [4.78, 5) is 2.39. The molecule has 60 heavy (non-hydrogen) atoms. The Hall–Kier alpha value is -7.62. The maximum atomic E-state index is 2.44. The number of benzene rings is 9. The number of para-hydroxylation sites is 4. The molecule has 0 spiro atoms. The maximum absolute atomic E-state index is 2.44. The summed E-state index contributed by atoms with van der Waals surface area (Å²) in [5, 5.41) is 5.01. The van der Waals surface area contributed by atoms with Gasteiger partial charge in [0, 0.05) is 55.4 Å². The molecule has 2 heterocycles. The van der Waals surface area contributed by atoms with Crippen LogP contribution in [0, 0.1) is 0 Å². The summed E-state index contributed by atoms with van der Waals surface area (Å²) in [5.41, 5.74) is 18.2. The van der Waals surface area contributed by atoms with Gasteiger partial charge < -0.3 is 14.0 Å². The predicted molar refractivity (Wildman–Crippen MR) is 253 cm³/mol. The Morgan fingerprint density at radius 3 is 1.70 bits per heavy atom. The third-order valence-corrected chi connectivity index (χ3v) is 12.9. The maximum Gasteiger partial charge on any atom is 0.0547 e. The van der Waals surface area contributed by atoms with Crippen molar-refractivity contribution in [2.75, 3.05) is 4.90 Å². The second-order valence-electron chi connectivity index (χ2n) is 16.6. The van der Waals surface area contributed by atoms with E-state index in [2.05, 4.69) is 240 Å². The molecule has 11 aromatic rings. The number of aromatic nitrogens is 2. The summed E-state index contributed by atoms with van der Waals surface area (Å²) in [6, 6.07) is 77.8. The molecule has 0 unspecified atom stereocenters. The summed E-state index contributed by atoms with van der Waals surface area (Å²) in [5.74, 6) is 0. The molecule has 9 aromatic carbocycles. The van der Waals surface area contributed by atoms with Gasteiger partial charge in [-0.05, 0) is 118 Å². The zero-order chi connectivity index (χ0) is 40.0. The molecule has 0 bridgehead atoms. The smallest absolute Gasteiger partial charge is 0.0547 e. The van der Waals surface area contributed by atoms with E-state index in [1.807, 2.05) is 0 Å². The first-order chi connectivity index (χ1) is 29.5. The number of hydrogen-bond acceptors (Lipinski definition) is 1. The van der Waals surface area contributed by atoms with Crippen molar-refractivity contribution in [1.82, 2.24) is 9.13 Å². The van der Waals surface area contributed by atoms with E-state index in [1.165, 1.54) is 77.0 Å². The molecule has 284 valence electrons. The highest BCUT2D eigenvalue weighted by Crippen LogP contribution is 2.51. The molecule has 0 fully saturated rings. The minimum atomic E-state index is -0.0893. The fourth-order valence-corrected chi connectivity index (χ4v) is 10.1. The quantitative estimate of drug-likeness (QED) is 0.164. The van der Waals surface area contributed by atoms with Crippen molar-refractivity contribution in [3.8, 4) is 33.6 Å². The number of hydrogen-bond donors (Lipinski definition) is 0. The van der Waals surface area contributed by atoms with E-state index in [4.69, 9.17) is 0 Å². The minimum absolute atomic E-state index is 0.0893. The highest BCUT2D eigenvalue weighted by molar-refractivity contribution is 6.17. The van der Waals surface area contributed by atoms with Crippen molar-refractivity contribution in [3.63, 3.8) is 0 Å². The average molecular weight is 768 g/mol. The highest BCUT2D eigenvalue weighted by atomic mass is 15.1. The van der Waals surface area contributed by atoms with Gasteiger partial charge in [-0.3, -0.25) is 0 Å². The molecule has 0 N–H and O–H groups in total. The summed E-state index contributed by atoms with van der Waals surface area (Å²) >= 11 is 0. The van der Waals surface area contributed by atoms with Gasteiger partial charge in [-0.2, -0.15) is 0 Å². The van der Waals surface area contributed by atoms with Crippen LogP contribution in [0.3, 0.4) is 0 Å². The molecular formula is C57H41N3. The summed E-state index contributed by atoms with van der Waals surface area (Å²) < 4.78 is 4.83. The Morgan fingerprint density at radius 2 is 0.900 bits per heavy atom. The molecule has 1 aliphatic rings. The first-order valence-electron chi connectivity index (χ1n) is 20.9. The Bertz CT molecular complexity index is 3440. The molecule has 0 saturated carbocycles. The molecule has 2 aromatic heterocycles. The normalized spacial score (nSPS) is 13.0. The molecule has 3 nitrogen and oxygen atoms in total. The molecule has 0 saturated heterocycles. The molecule has 0 amide bonds.